The van der Waals surface area contributed by atoms with Crippen molar-refractivity contribution in [3.63, 3.8) is 0 Å². The summed E-state index contributed by atoms with van der Waals surface area (Å²) in [5.41, 5.74) is -2.62. The molecule has 4 atom stereocenters. The van der Waals surface area contributed by atoms with Crippen LogP contribution in [0, 0.1) is 22.7 Å². The van der Waals surface area contributed by atoms with Gasteiger partial charge in [0.2, 0.25) is 5.78 Å². The molecule has 228 valence electrons. The van der Waals surface area contributed by atoms with Crippen molar-refractivity contribution in [1.29, 1.82) is 0 Å². The fraction of sp³-hybridized carbons (Fsp3) is 0.457. The molecule has 8 heteroatoms. The lowest BCUT2D eigenvalue weighted by molar-refractivity contribution is -0.178. The number of carbonyl (C=O) groups is 3. The SMILES string of the molecule is CCOc1ccc(-c2ccc(O)c3c2C[C@]2(C)C[C@]4(C)C(C(C)C)C(=O)C(C(C)=O)=C(O)[C@]4(O)C(=O)C2=C3O)cc1CC. The van der Waals surface area contributed by atoms with Crippen molar-refractivity contribution in [2.75, 3.05) is 6.61 Å². The summed E-state index contributed by atoms with van der Waals surface area (Å²) < 4.78 is 5.78. The fourth-order valence-corrected chi connectivity index (χ4v) is 8.31. The van der Waals surface area contributed by atoms with E-state index in [0.29, 0.717) is 12.2 Å². The average Bonchev–Trinajstić information content (AvgIpc) is 2.91. The topological polar surface area (TPSA) is 141 Å². The van der Waals surface area contributed by atoms with Gasteiger partial charge in [-0.3, -0.25) is 14.4 Å². The van der Waals surface area contributed by atoms with Crippen LogP contribution < -0.4 is 4.74 Å². The third-order valence-electron chi connectivity index (χ3n) is 9.94. The van der Waals surface area contributed by atoms with Gasteiger partial charge in [0.05, 0.1) is 12.2 Å². The van der Waals surface area contributed by atoms with Crippen molar-refractivity contribution >= 4 is 23.1 Å². The lowest BCUT2D eigenvalue weighted by atomic mass is 9.43. The van der Waals surface area contributed by atoms with Crippen molar-refractivity contribution in [2.24, 2.45) is 22.7 Å². The maximum absolute atomic E-state index is 14.5. The number of aliphatic hydroxyl groups is 3. The van der Waals surface area contributed by atoms with Gasteiger partial charge in [0.1, 0.15) is 28.6 Å². The number of phenolic OH excluding ortho intramolecular Hbond substituents is 1. The molecule has 43 heavy (non-hydrogen) atoms. The Morgan fingerprint density at radius 2 is 1.74 bits per heavy atom. The predicted octanol–water partition coefficient (Wildman–Crippen LogP) is 5.82. The molecule has 2 aromatic carbocycles. The maximum Gasteiger partial charge on any atom is 0.203 e. The number of allylic oxidation sites excluding steroid dienone is 1. The molecule has 0 heterocycles. The minimum atomic E-state index is -2.63. The highest BCUT2D eigenvalue weighted by Crippen LogP contribution is 2.65. The van der Waals surface area contributed by atoms with E-state index in [1.54, 1.807) is 33.8 Å². The van der Waals surface area contributed by atoms with Crippen LogP contribution >= 0.6 is 0 Å². The Labute approximate surface area is 251 Å². The van der Waals surface area contributed by atoms with E-state index in [1.165, 1.54) is 6.07 Å². The van der Waals surface area contributed by atoms with Crippen molar-refractivity contribution in [2.45, 2.75) is 73.3 Å². The lowest BCUT2D eigenvalue weighted by Gasteiger charge is -2.59. The summed E-state index contributed by atoms with van der Waals surface area (Å²) in [6, 6.07) is 9.07. The van der Waals surface area contributed by atoms with Crippen LogP contribution in [0.1, 0.15) is 71.6 Å². The highest BCUT2D eigenvalue weighted by atomic mass is 16.5. The molecule has 0 aliphatic heterocycles. The first-order valence-electron chi connectivity index (χ1n) is 14.9. The zero-order chi connectivity index (χ0) is 31.8. The highest BCUT2D eigenvalue weighted by molar-refractivity contribution is 6.24. The van der Waals surface area contributed by atoms with E-state index < -0.39 is 56.8 Å². The monoisotopic (exact) mass is 588 g/mol. The molecule has 3 aliphatic rings. The Morgan fingerprint density at radius 1 is 1.07 bits per heavy atom. The molecule has 0 bridgehead atoms. The Bertz CT molecular complexity index is 1650. The second-order valence-corrected chi connectivity index (χ2v) is 13.1. The van der Waals surface area contributed by atoms with Gasteiger partial charge in [-0.05, 0) is 79.5 Å². The number of benzene rings is 2. The number of ether oxygens (including phenoxy) is 1. The van der Waals surface area contributed by atoms with E-state index in [2.05, 4.69) is 0 Å². The van der Waals surface area contributed by atoms with E-state index >= 15 is 0 Å². The van der Waals surface area contributed by atoms with Crippen LogP contribution in [0.4, 0.5) is 0 Å². The van der Waals surface area contributed by atoms with E-state index in [1.807, 2.05) is 32.0 Å². The molecular formula is C35H40O8. The van der Waals surface area contributed by atoms with Gasteiger partial charge in [0, 0.05) is 22.3 Å². The Balaban J connectivity index is 1.78. The molecule has 3 aliphatic carbocycles. The van der Waals surface area contributed by atoms with E-state index in [9.17, 15) is 34.8 Å². The average molecular weight is 589 g/mol. The summed E-state index contributed by atoms with van der Waals surface area (Å²) in [6.45, 7) is 12.6. The molecule has 4 N–H and O–H groups in total. The van der Waals surface area contributed by atoms with Crippen molar-refractivity contribution in [3.8, 4) is 22.6 Å². The number of hydrogen-bond acceptors (Lipinski definition) is 8. The van der Waals surface area contributed by atoms with Crippen LogP contribution in [0.25, 0.3) is 16.9 Å². The number of aromatic hydroxyl groups is 1. The quantitative estimate of drug-likeness (QED) is 0.310. The van der Waals surface area contributed by atoms with Gasteiger partial charge < -0.3 is 25.2 Å². The number of carbonyl (C=O) groups excluding carboxylic acids is 3. The Morgan fingerprint density at radius 3 is 2.33 bits per heavy atom. The van der Waals surface area contributed by atoms with Crippen LogP contribution in [-0.4, -0.2) is 50.0 Å². The van der Waals surface area contributed by atoms with Crippen LogP contribution in [0.3, 0.4) is 0 Å². The largest absolute Gasteiger partial charge is 0.508 e. The number of aliphatic hydroxyl groups excluding tert-OH is 2. The van der Waals surface area contributed by atoms with Crippen LogP contribution in [-0.2, 0) is 27.2 Å². The van der Waals surface area contributed by atoms with Gasteiger partial charge in [-0.2, -0.15) is 0 Å². The molecule has 1 saturated carbocycles. The number of phenols is 1. The Hall–Kier alpha value is -3.91. The van der Waals surface area contributed by atoms with Gasteiger partial charge in [0.15, 0.2) is 17.2 Å². The van der Waals surface area contributed by atoms with Crippen molar-refractivity contribution in [1.82, 2.24) is 0 Å². The molecule has 2 aromatic rings. The van der Waals surface area contributed by atoms with Crippen LogP contribution in [0.5, 0.6) is 11.5 Å². The van der Waals surface area contributed by atoms with E-state index in [4.69, 9.17) is 4.74 Å². The number of hydrogen-bond donors (Lipinski definition) is 4. The first-order valence-corrected chi connectivity index (χ1v) is 14.9. The van der Waals surface area contributed by atoms with Gasteiger partial charge in [0.25, 0.3) is 0 Å². The molecule has 0 amide bonds. The fourth-order valence-electron chi connectivity index (χ4n) is 8.31. The summed E-state index contributed by atoms with van der Waals surface area (Å²) in [4.78, 5) is 40.7. The van der Waals surface area contributed by atoms with Crippen molar-refractivity contribution < 1.29 is 39.5 Å². The lowest BCUT2D eigenvalue weighted by Crippen LogP contribution is -2.69. The van der Waals surface area contributed by atoms with Gasteiger partial charge in [-0.25, -0.2) is 0 Å². The molecule has 0 spiro atoms. The first-order chi connectivity index (χ1) is 20.1. The maximum atomic E-state index is 14.5. The number of ketones is 3. The van der Waals surface area contributed by atoms with E-state index in [0.717, 1.165) is 35.8 Å². The highest BCUT2D eigenvalue weighted by Gasteiger charge is 2.72. The summed E-state index contributed by atoms with van der Waals surface area (Å²) >= 11 is 0. The summed E-state index contributed by atoms with van der Waals surface area (Å²) in [5.74, 6) is -4.57. The second kappa shape index (κ2) is 10.1. The van der Waals surface area contributed by atoms with Crippen LogP contribution in [0.15, 0.2) is 47.2 Å². The first kappa shape index (κ1) is 30.5. The molecule has 1 unspecified atom stereocenters. The summed E-state index contributed by atoms with van der Waals surface area (Å²) in [5, 5.41) is 46.3. The van der Waals surface area contributed by atoms with Gasteiger partial charge in [-0.1, -0.05) is 46.8 Å². The number of fused-ring (bicyclic) bond motifs is 3. The third-order valence-corrected chi connectivity index (χ3v) is 9.94. The van der Waals surface area contributed by atoms with Crippen molar-refractivity contribution in [3.05, 3.63) is 63.9 Å². The molecular weight excluding hydrogens is 548 g/mol. The number of Topliss-reactive ketones (excluding diaryl/α,β-unsaturated/α-hetero) is 3. The number of aryl methyl sites for hydroxylation is 1. The minimum Gasteiger partial charge on any atom is -0.508 e. The summed E-state index contributed by atoms with van der Waals surface area (Å²) in [7, 11) is 0. The van der Waals surface area contributed by atoms with Crippen LogP contribution in [0.2, 0.25) is 0 Å². The Kier molecular flexibility index (Phi) is 7.16. The summed E-state index contributed by atoms with van der Waals surface area (Å²) in [6.07, 6.45) is 0.982. The zero-order valence-corrected chi connectivity index (χ0v) is 25.8. The standard InChI is InChI=1S/C35H40O8/c1-8-19-14-20(10-13-24(19)43-9-2)21-11-12-23(37)26-22(21)15-33(6)16-34(7)27(17(3)4)29(38)25(18(5)36)31(40)35(34,42)32(41)28(33)30(26)39/h10-14,17,27,37,39-40,42H,8-9,15-16H2,1-7H3/t27?,33-,34-,35+/m1/s1. The second-order valence-electron chi connectivity index (χ2n) is 13.1. The van der Waals surface area contributed by atoms with E-state index in [-0.39, 0.29) is 35.6 Å². The third kappa shape index (κ3) is 4.02. The molecule has 5 rings (SSSR count). The smallest absolute Gasteiger partial charge is 0.203 e. The molecule has 0 saturated heterocycles. The molecule has 1 fully saturated rings. The molecule has 0 aromatic heterocycles. The minimum absolute atomic E-state index is 0.0451. The van der Waals surface area contributed by atoms with Gasteiger partial charge >= 0.3 is 0 Å². The van der Waals surface area contributed by atoms with Gasteiger partial charge in [-0.15, -0.1) is 0 Å². The molecule has 8 nitrogen and oxygen atoms in total. The molecule has 0 radical (unpaired) electrons. The zero-order valence-electron chi connectivity index (χ0n) is 25.8. The number of rotatable bonds is 6. The normalized spacial score (nSPS) is 28.5. The predicted molar refractivity (Wildman–Crippen MR) is 162 cm³/mol.